The van der Waals surface area contributed by atoms with Crippen LogP contribution in [0, 0.1) is 0 Å². The van der Waals surface area contributed by atoms with E-state index in [1.54, 1.807) is 13.8 Å². The van der Waals surface area contributed by atoms with Crippen LogP contribution in [0.3, 0.4) is 0 Å². The van der Waals surface area contributed by atoms with E-state index < -0.39 is 42.5 Å². The van der Waals surface area contributed by atoms with E-state index in [0.717, 1.165) is 5.56 Å². The average Bonchev–Trinajstić information content (AvgIpc) is 2.87. The fraction of sp³-hybridized carbons (Fsp3) is 0.588. The summed E-state index contributed by atoms with van der Waals surface area (Å²) < 4.78 is 27.6. The van der Waals surface area contributed by atoms with Crippen molar-refractivity contribution in [1.29, 1.82) is 0 Å². The van der Waals surface area contributed by atoms with Crippen molar-refractivity contribution in [3.05, 3.63) is 35.9 Å². The maximum Gasteiger partial charge on any atom is 0.337 e. The van der Waals surface area contributed by atoms with Crippen molar-refractivity contribution in [3.63, 3.8) is 0 Å². The van der Waals surface area contributed by atoms with Gasteiger partial charge in [0.25, 0.3) is 0 Å². The molecule has 2 aliphatic heterocycles. The van der Waals surface area contributed by atoms with Gasteiger partial charge in [-0.3, -0.25) is 0 Å². The van der Waals surface area contributed by atoms with E-state index in [-0.39, 0.29) is 6.61 Å². The molecule has 2 heterocycles. The molecule has 2 aliphatic rings. The van der Waals surface area contributed by atoms with Crippen LogP contribution in [-0.4, -0.2) is 54.7 Å². The predicted molar refractivity (Wildman–Crippen MR) is 81.7 cm³/mol. The molecule has 0 amide bonds. The molecule has 2 fully saturated rings. The fourth-order valence-corrected chi connectivity index (χ4v) is 2.95. The Balaban J connectivity index is 1.78. The largest absolute Gasteiger partial charge is 0.467 e. The SMILES string of the molecule is COC(=O)[C@H]1O[C@@H]2OC(C)(C)O[C@@H]2[C@@H](OCc2ccccc2)[C@@H]1O. The Kier molecular flexibility index (Phi) is 4.89. The van der Waals surface area contributed by atoms with Crippen molar-refractivity contribution in [2.45, 2.75) is 56.9 Å². The Morgan fingerprint density at radius 1 is 1.25 bits per heavy atom. The van der Waals surface area contributed by atoms with Crippen LogP contribution in [0.1, 0.15) is 19.4 Å². The van der Waals surface area contributed by atoms with Crippen molar-refractivity contribution in [2.75, 3.05) is 7.11 Å². The highest BCUT2D eigenvalue weighted by Crippen LogP contribution is 2.38. The Labute approximate surface area is 140 Å². The molecule has 5 atom stereocenters. The molecule has 0 radical (unpaired) electrons. The highest BCUT2D eigenvalue weighted by atomic mass is 16.8. The van der Waals surface area contributed by atoms with Gasteiger partial charge in [-0.2, -0.15) is 0 Å². The van der Waals surface area contributed by atoms with E-state index in [1.165, 1.54) is 7.11 Å². The summed E-state index contributed by atoms with van der Waals surface area (Å²) in [6.07, 6.45) is -4.64. The summed E-state index contributed by atoms with van der Waals surface area (Å²) in [6, 6.07) is 9.54. The summed E-state index contributed by atoms with van der Waals surface area (Å²) in [4.78, 5) is 11.9. The quantitative estimate of drug-likeness (QED) is 0.819. The summed E-state index contributed by atoms with van der Waals surface area (Å²) >= 11 is 0. The van der Waals surface area contributed by atoms with Crippen LogP contribution >= 0.6 is 0 Å². The third-order valence-electron chi connectivity index (χ3n) is 4.06. The fourth-order valence-electron chi connectivity index (χ4n) is 2.95. The van der Waals surface area contributed by atoms with Crippen LogP contribution in [0.25, 0.3) is 0 Å². The Hall–Kier alpha value is -1.51. The molecule has 1 aromatic carbocycles. The average molecular weight is 338 g/mol. The predicted octanol–water partition coefficient (Wildman–Crippen LogP) is 0.982. The van der Waals surface area contributed by atoms with Gasteiger partial charge in [0, 0.05) is 0 Å². The van der Waals surface area contributed by atoms with Gasteiger partial charge in [-0.15, -0.1) is 0 Å². The van der Waals surface area contributed by atoms with E-state index in [4.69, 9.17) is 23.7 Å². The molecule has 0 saturated carbocycles. The van der Waals surface area contributed by atoms with Crippen molar-refractivity contribution in [3.8, 4) is 0 Å². The highest BCUT2D eigenvalue weighted by molar-refractivity contribution is 5.75. The van der Waals surface area contributed by atoms with E-state index >= 15 is 0 Å². The topological polar surface area (TPSA) is 83.5 Å². The smallest absolute Gasteiger partial charge is 0.337 e. The normalized spacial score (nSPS) is 34.6. The molecule has 24 heavy (non-hydrogen) atoms. The summed E-state index contributed by atoms with van der Waals surface area (Å²) in [7, 11) is 1.24. The van der Waals surface area contributed by atoms with Gasteiger partial charge in [-0.1, -0.05) is 30.3 Å². The Bertz CT molecular complexity index is 574. The number of fused-ring (bicyclic) bond motifs is 1. The Morgan fingerprint density at radius 2 is 1.96 bits per heavy atom. The zero-order valence-corrected chi connectivity index (χ0v) is 13.9. The van der Waals surface area contributed by atoms with Crippen molar-refractivity contribution in [2.24, 2.45) is 0 Å². The van der Waals surface area contributed by atoms with Gasteiger partial charge in [0.2, 0.25) is 0 Å². The lowest BCUT2D eigenvalue weighted by Crippen LogP contribution is -2.59. The van der Waals surface area contributed by atoms with Gasteiger partial charge in [-0.25, -0.2) is 4.79 Å². The first-order valence-electron chi connectivity index (χ1n) is 7.84. The van der Waals surface area contributed by atoms with Crippen LogP contribution in [0.5, 0.6) is 0 Å². The molecule has 1 N–H and O–H groups in total. The minimum atomic E-state index is -1.22. The van der Waals surface area contributed by atoms with Crippen LogP contribution in [-0.2, 0) is 35.1 Å². The number of hydrogen-bond donors (Lipinski definition) is 1. The molecule has 2 saturated heterocycles. The van der Waals surface area contributed by atoms with Crippen LogP contribution in [0.15, 0.2) is 30.3 Å². The van der Waals surface area contributed by atoms with Crippen molar-refractivity contribution >= 4 is 5.97 Å². The number of aliphatic hydroxyl groups is 1. The first-order chi connectivity index (χ1) is 11.4. The van der Waals surface area contributed by atoms with Crippen molar-refractivity contribution in [1.82, 2.24) is 0 Å². The molecule has 0 bridgehead atoms. The summed E-state index contributed by atoms with van der Waals surface area (Å²) in [5.41, 5.74) is 0.945. The number of hydrogen-bond acceptors (Lipinski definition) is 7. The standard InChI is InChI=1S/C17H22O7/c1-17(2)23-14-12(21-9-10-7-5-4-6-8-10)11(18)13(15(19)20-3)22-16(14)24-17/h4-8,11-14,16,18H,9H2,1-3H3/t11-,12-,13-,14+,16+/m0/s1. The zero-order chi connectivity index (χ0) is 17.3. The molecule has 0 aliphatic carbocycles. The number of esters is 1. The summed E-state index contributed by atoms with van der Waals surface area (Å²) in [5.74, 6) is -1.57. The zero-order valence-electron chi connectivity index (χ0n) is 13.9. The van der Waals surface area contributed by atoms with Gasteiger partial charge >= 0.3 is 5.97 Å². The number of ether oxygens (including phenoxy) is 5. The number of aliphatic hydroxyl groups excluding tert-OH is 1. The minimum Gasteiger partial charge on any atom is -0.467 e. The third kappa shape index (κ3) is 3.45. The first kappa shape index (κ1) is 17.3. The van der Waals surface area contributed by atoms with Gasteiger partial charge in [-0.05, 0) is 19.4 Å². The van der Waals surface area contributed by atoms with Gasteiger partial charge in [0.1, 0.15) is 18.3 Å². The lowest BCUT2D eigenvalue weighted by atomic mass is 9.98. The summed E-state index contributed by atoms with van der Waals surface area (Å²) in [5, 5.41) is 10.5. The Morgan fingerprint density at radius 3 is 2.62 bits per heavy atom. The molecular weight excluding hydrogens is 316 g/mol. The highest BCUT2D eigenvalue weighted by Gasteiger charge is 2.56. The van der Waals surface area contributed by atoms with Crippen LogP contribution in [0.4, 0.5) is 0 Å². The number of carbonyl (C=O) groups is 1. The number of benzene rings is 1. The third-order valence-corrected chi connectivity index (χ3v) is 4.06. The number of rotatable bonds is 4. The molecule has 0 aromatic heterocycles. The molecular formula is C17H22O7. The van der Waals surface area contributed by atoms with Crippen LogP contribution in [0.2, 0.25) is 0 Å². The van der Waals surface area contributed by atoms with Gasteiger partial charge in [0.05, 0.1) is 13.7 Å². The molecule has 0 spiro atoms. The maximum absolute atomic E-state index is 11.9. The second-order valence-corrected chi connectivity index (χ2v) is 6.30. The number of methoxy groups -OCH3 is 1. The second kappa shape index (κ2) is 6.78. The second-order valence-electron chi connectivity index (χ2n) is 6.30. The van der Waals surface area contributed by atoms with E-state index in [1.807, 2.05) is 30.3 Å². The minimum absolute atomic E-state index is 0.267. The molecule has 7 nitrogen and oxygen atoms in total. The molecule has 7 heteroatoms. The van der Waals surface area contributed by atoms with Crippen molar-refractivity contribution < 1.29 is 33.6 Å². The van der Waals surface area contributed by atoms with Gasteiger partial charge < -0.3 is 28.8 Å². The van der Waals surface area contributed by atoms with E-state index in [9.17, 15) is 9.90 Å². The van der Waals surface area contributed by atoms with Crippen LogP contribution < -0.4 is 0 Å². The monoisotopic (exact) mass is 338 g/mol. The molecule has 1 aromatic rings. The first-order valence-corrected chi connectivity index (χ1v) is 7.84. The van der Waals surface area contributed by atoms with E-state index in [0.29, 0.717) is 0 Å². The molecule has 0 unspecified atom stereocenters. The van der Waals surface area contributed by atoms with E-state index in [2.05, 4.69) is 0 Å². The molecule has 3 rings (SSSR count). The summed E-state index contributed by atoms with van der Waals surface area (Å²) in [6.45, 7) is 3.74. The van der Waals surface area contributed by atoms with Gasteiger partial charge in [0.15, 0.2) is 18.2 Å². The molecule has 132 valence electrons. The lowest BCUT2D eigenvalue weighted by Gasteiger charge is -2.38. The lowest BCUT2D eigenvalue weighted by molar-refractivity contribution is -0.260. The number of carbonyl (C=O) groups excluding carboxylic acids is 1. The maximum atomic E-state index is 11.9.